The van der Waals surface area contributed by atoms with Crippen molar-refractivity contribution in [3.63, 3.8) is 0 Å². The number of anilines is 1. The number of carbonyl (C=O) groups excluding carboxylic acids is 1. The van der Waals surface area contributed by atoms with Crippen LogP contribution in [0.1, 0.15) is 29.8 Å². The van der Waals surface area contributed by atoms with Gasteiger partial charge < -0.3 is 10.1 Å². The molecule has 162 valence electrons. The second-order valence-electron chi connectivity index (χ2n) is 8.11. The van der Waals surface area contributed by atoms with Crippen molar-refractivity contribution < 1.29 is 9.53 Å². The van der Waals surface area contributed by atoms with Gasteiger partial charge in [-0.3, -0.25) is 4.79 Å². The summed E-state index contributed by atoms with van der Waals surface area (Å²) in [6, 6.07) is 23.2. The molecule has 0 atom stereocenters. The molecule has 1 N–H and O–H groups in total. The van der Waals surface area contributed by atoms with E-state index >= 15 is 0 Å². The van der Waals surface area contributed by atoms with Crippen LogP contribution in [0.25, 0.3) is 21.8 Å². The van der Waals surface area contributed by atoms with Crippen LogP contribution in [0.3, 0.4) is 0 Å². The van der Waals surface area contributed by atoms with Crippen molar-refractivity contribution in [2.75, 3.05) is 11.9 Å². The monoisotopic (exact) mass is 442 g/mol. The lowest BCUT2D eigenvalue weighted by Crippen LogP contribution is -2.11. The summed E-state index contributed by atoms with van der Waals surface area (Å²) in [7, 11) is 0. The number of rotatable bonds is 7. The lowest BCUT2D eigenvalue weighted by atomic mass is 10.1. The summed E-state index contributed by atoms with van der Waals surface area (Å²) in [6.45, 7) is 6.96. The van der Waals surface area contributed by atoms with Gasteiger partial charge in [-0.05, 0) is 54.8 Å². The second kappa shape index (κ2) is 9.79. The fraction of sp³-hybridized carbons (Fsp3) is 0.185. The molecule has 3 aromatic carbocycles. The van der Waals surface area contributed by atoms with E-state index < -0.39 is 0 Å². The molecular formula is C27H26N2O2S. The van der Waals surface area contributed by atoms with Crippen LogP contribution in [-0.4, -0.2) is 17.5 Å². The second-order valence-corrected chi connectivity index (χ2v) is 8.97. The number of hydrogen-bond donors (Lipinski definition) is 1. The highest BCUT2D eigenvalue weighted by Gasteiger charge is 2.10. The van der Waals surface area contributed by atoms with E-state index in [1.807, 2.05) is 48.5 Å². The maximum absolute atomic E-state index is 12.6. The lowest BCUT2D eigenvalue weighted by Gasteiger charge is -2.10. The van der Waals surface area contributed by atoms with Crippen LogP contribution in [0, 0.1) is 12.8 Å². The molecule has 0 aliphatic carbocycles. The summed E-state index contributed by atoms with van der Waals surface area (Å²) in [6.07, 6.45) is 0. The van der Waals surface area contributed by atoms with E-state index in [0.29, 0.717) is 18.1 Å². The highest BCUT2D eigenvalue weighted by Crippen LogP contribution is 2.31. The van der Waals surface area contributed by atoms with Gasteiger partial charge in [0, 0.05) is 27.8 Å². The molecule has 1 aromatic heterocycles. The zero-order valence-electron chi connectivity index (χ0n) is 18.5. The predicted octanol–water partition coefficient (Wildman–Crippen LogP) is 7.07. The van der Waals surface area contributed by atoms with E-state index in [0.717, 1.165) is 33.3 Å². The normalized spacial score (nSPS) is 10.9. The van der Waals surface area contributed by atoms with Crippen LogP contribution in [-0.2, 0) is 0 Å². The van der Waals surface area contributed by atoms with E-state index in [4.69, 9.17) is 9.72 Å². The molecule has 4 aromatic rings. The van der Waals surface area contributed by atoms with Gasteiger partial charge in [0.25, 0.3) is 5.91 Å². The van der Waals surface area contributed by atoms with Gasteiger partial charge in [0.15, 0.2) is 0 Å². The number of nitrogens with zero attached hydrogens (tertiary/aromatic N) is 1. The Morgan fingerprint density at radius 1 is 1.00 bits per heavy atom. The van der Waals surface area contributed by atoms with E-state index in [-0.39, 0.29) is 5.91 Å². The summed E-state index contributed by atoms with van der Waals surface area (Å²) >= 11 is 1.64. The van der Waals surface area contributed by atoms with E-state index in [2.05, 4.69) is 43.6 Å². The first-order valence-electron chi connectivity index (χ1n) is 10.7. The zero-order valence-corrected chi connectivity index (χ0v) is 19.3. The molecule has 32 heavy (non-hydrogen) atoms. The van der Waals surface area contributed by atoms with Crippen LogP contribution in [0.4, 0.5) is 5.69 Å². The first kappa shape index (κ1) is 21.8. The average Bonchev–Trinajstić information content (AvgIpc) is 3.29. The Balaban J connectivity index is 1.41. The standard InChI is InChI=1S/C27H26N2O2S/c1-18(2)16-31-23-14-10-21(11-15-23)26(30)28-22-12-8-20(9-13-22)25-17-32-27(29-25)24-7-5-4-6-19(24)3/h4-15,17-18H,16H2,1-3H3,(H,28,30). The largest absolute Gasteiger partial charge is 0.493 e. The number of aromatic nitrogens is 1. The van der Waals surface area contributed by atoms with Gasteiger partial charge in [0.2, 0.25) is 0 Å². The van der Waals surface area contributed by atoms with Crippen LogP contribution in [0.2, 0.25) is 0 Å². The smallest absolute Gasteiger partial charge is 0.255 e. The number of aryl methyl sites for hydroxylation is 1. The predicted molar refractivity (Wildman–Crippen MR) is 132 cm³/mol. The molecule has 1 amide bonds. The van der Waals surface area contributed by atoms with Gasteiger partial charge in [-0.2, -0.15) is 0 Å². The number of ether oxygens (including phenoxy) is 1. The van der Waals surface area contributed by atoms with Gasteiger partial charge in [0.05, 0.1) is 12.3 Å². The molecular weight excluding hydrogens is 416 g/mol. The molecule has 4 nitrogen and oxygen atoms in total. The minimum Gasteiger partial charge on any atom is -0.493 e. The zero-order chi connectivity index (χ0) is 22.5. The molecule has 0 fully saturated rings. The summed E-state index contributed by atoms with van der Waals surface area (Å²) < 4.78 is 5.68. The third kappa shape index (κ3) is 5.24. The first-order valence-corrected chi connectivity index (χ1v) is 11.5. The Kier molecular flexibility index (Phi) is 6.66. The molecule has 0 bridgehead atoms. The number of thiazole rings is 1. The van der Waals surface area contributed by atoms with Gasteiger partial charge >= 0.3 is 0 Å². The fourth-order valence-corrected chi connectivity index (χ4v) is 4.16. The van der Waals surface area contributed by atoms with E-state index in [1.54, 1.807) is 23.5 Å². The van der Waals surface area contributed by atoms with Crippen LogP contribution in [0.15, 0.2) is 78.2 Å². The van der Waals surface area contributed by atoms with Crippen molar-refractivity contribution >= 4 is 22.9 Å². The fourth-order valence-electron chi connectivity index (χ4n) is 3.24. The highest BCUT2D eigenvalue weighted by atomic mass is 32.1. The van der Waals surface area contributed by atoms with Crippen LogP contribution >= 0.6 is 11.3 Å². The number of benzene rings is 3. The van der Waals surface area contributed by atoms with E-state index in [9.17, 15) is 4.79 Å². The van der Waals surface area contributed by atoms with Crippen LogP contribution in [0.5, 0.6) is 5.75 Å². The van der Waals surface area contributed by atoms with Crippen molar-refractivity contribution in [2.24, 2.45) is 5.92 Å². The Morgan fingerprint density at radius 2 is 1.72 bits per heavy atom. The molecule has 0 saturated heterocycles. The molecule has 0 saturated carbocycles. The number of carbonyl (C=O) groups is 1. The van der Waals surface area contributed by atoms with Crippen molar-refractivity contribution in [1.82, 2.24) is 4.98 Å². The minimum absolute atomic E-state index is 0.149. The Hall–Kier alpha value is -3.44. The minimum atomic E-state index is -0.149. The van der Waals surface area contributed by atoms with Gasteiger partial charge in [-0.25, -0.2) is 4.98 Å². The summed E-state index contributed by atoms with van der Waals surface area (Å²) in [4.78, 5) is 17.4. The molecule has 1 heterocycles. The van der Waals surface area contributed by atoms with E-state index in [1.165, 1.54) is 5.56 Å². The number of amides is 1. The Bertz CT molecular complexity index is 1200. The molecule has 0 aliphatic heterocycles. The summed E-state index contributed by atoms with van der Waals surface area (Å²) in [5.74, 6) is 1.08. The van der Waals surface area contributed by atoms with Crippen molar-refractivity contribution in [2.45, 2.75) is 20.8 Å². The summed E-state index contributed by atoms with van der Waals surface area (Å²) in [5.41, 5.74) is 5.66. The molecule has 0 radical (unpaired) electrons. The Morgan fingerprint density at radius 3 is 2.41 bits per heavy atom. The first-order chi connectivity index (χ1) is 15.5. The highest BCUT2D eigenvalue weighted by molar-refractivity contribution is 7.13. The SMILES string of the molecule is Cc1ccccc1-c1nc(-c2ccc(NC(=O)c3ccc(OCC(C)C)cc3)cc2)cs1. The molecule has 0 aliphatic rings. The maximum atomic E-state index is 12.6. The van der Waals surface area contributed by atoms with Crippen LogP contribution < -0.4 is 10.1 Å². The van der Waals surface area contributed by atoms with Gasteiger partial charge in [-0.1, -0.05) is 50.2 Å². The average molecular weight is 443 g/mol. The van der Waals surface area contributed by atoms with Crippen molar-refractivity contribution in [3.05, 3.63) is 89.3 Å². The third-order valence-corrected chi connectivity index (χ3v) is 5.89. The number of nitrogens with one attached hydrogen (secondary N) is 1. The molecule has 4 rings (SSSR count). The molecule has 0 unspecified atom stereocenters. The third-order valence-electron chi connectivity index (χ3n) is 5.02. The Labute approximate surface area is 192 Å². The topological polar surface area (TPSA) is 51.2 Å². The molecule has 5 heteroatoms. The van der Waals surface area contributed by atoms with Gasteiger partial charge in [-0.15, -0.1) is 11.3 Å². The maximum Gasteiger partial charge on any atom is 0.255 e. The number of hydrogen-bond acceptors (Lipinski definition) is 4. The summed E-state index contributed by atoms with van der Waals surface area (Å²) in [5, 5.41) is 6.03. The van der Waals surface area contributed by atoms with Crippen molar-refractivity contribution in [1.29, 1.82) is 0 Å². The van der Waals surface area contributed by atoms with Gasteiger partial charge in [0.1, 0.15) is 10.8 Å². The lowest BCUT2D eigenvalue weighted by molar-refractivity contribution is 0.102. The molecule has 0 spiro atoms. The van der Waals surface area contributed by atoms with Crippen molar-refractivity contribution in [3.8, 4) is 27.6 Å². The quantitative estimate of drug-likeness (QED) is 0.333.